The fraction of sp³-hybridized carbons (Fsp3) is 0.448. The van der Waals surface area contributed by atoms with Crippen molar-refractivity contribution in [1.82, 2.24) is 10.3 Å². The van der Waals surface area contributed by atoms with Gasteiger partial charge in [0.15, 0.2) is 5.78 Å². The second-order valence-corrected chi connectivity index (χ2v) is 13.0. The van der Waals surface area contributed by atoms with Crippen molar-refractivity contribution in [3.63, 3.8) is 0 Å². The summed E-state index contributed by atoms with van der Waals surface area (Å²) in [7, 11) is 0. The molecular formula is C29H32BrCl2N3O4. The maximum Gasteiger partial charge on any atom is 0.328 e. The van der Waals surface area contributed by atoms with Gasteiger partial charge in [-0.25, -0.2) is 4.79 Å². The number of hydrogen-bond acceptors (Lipinski definition) is 6. The molecule has 2 aromatic rings. The number of nitrogens with one attached hydrogen (secondary N) is 2. The van der Waals surface area contributed by atoms with Crippen molar-refractivity contribution >= 4 is 62.5 Å². The third-order valence-corrected chi connectivity index (χ3v) is 8.35. The summed E-state index contributed by atoms with van der Waals surface area (Å²) < 4.78 is 6.20. The zero-order valence-electron chi connectivity index (χ0n) is 22.2. The molecule has 1 aromatic heterocycles. The fourth-order valence-corrected chi connectivity index (χ4v) is 6.37. The first-order valence-corrected chi connectivity index (χ1v) is 14.5. The molecule has 1 aromatic carbocycles. The summed E-state index contributed by atoms with van der Waals surface area (Å²) in [6.45, 7) is 6.29. The molecule has 7 nitrogen and oxygen atoms in total. The maximum atomic E-state index is 13.3. The van der Waals surface area contributed by atoms with E-state index in [-0.39, 0.29) is 39.4 Å². The SMILES string of the molecule is CC(C)(C)COC(=O)[C@H](Cc1ccc(NC(=O)c2c(Cl)cncc2Cl)cc1)NC1=C(Br)C(=O)C12CCCCC2. The average molecular weight is 637 g/mol. The Bertz CT molecular complexity index is 1280. The molecule has 4 rings (SSSR count). The summed E-state index contributed by atoms with van der Waals surface area (Å²) in [6.07, 6.45) is 7.71. The predicted octanol–water partition coefficient (Wildman–Crippen LogP) is 6.87. The highest BCUT2D eigenvalue weighted by Gasteiger charge is 2.53. The van der Waals surface area contributed by atoms with Crippen LogP contribution in [-0.4, -0.2) is 35.3 Å². The second-order valence-electron chi connectivity index (χ2n) is 11.4. The Hall–Kier alpha value is -2.42. The Balaban J connectivity index is 1.51. The Morgan fingerprint density at radius 3 is 2.28 bits per heavy atom. The van der Waals surface area contributed by atoms with Crippen LogP contribution < -0.4 is 10.6 Å². The topological polar surface area (TPSA) is 97.4 Å². The first-order chi connectivity index (χ1) is 18.4. The van der Waals surface area contributed by atoms with Gasteiger partial charge in [0.05, 0.1) is 32.1 Å². The smallest absolute Gasteiger partial charge is 0.328 e. The number of amides is 1. The van der Waals surface area contributed by atoms with Gasteiger partial charge >= 0.3 is 5.97 Å². The van der Waals surface area contributed by atoms with Crippen molar-refractivity contribution in [2.24, 2.45) is 10.8 Å². The number of carbonyl (C=O) groups excluding carboxylic acids is 3. The van der Waals surface area contributed by atoms with Gasteiger partial charge in [0.1, 0.15) is 6.04 Å². The van der Waals surface area contributed by atoms with E-state index in [0.29, 0.717) is 16.6 Å². The largest absolute Gasteiger partial charge is 0.464 e. The highest BCUT2D eigenvalue weighted by molar-refractivity contribution is 9.12. The quantitative estimate of drug-likeness (QED) is 0.307. The third kappa shape index (κ3) is 6.67. The van der Waals surface area contributed by atoms with Crippen molar-refractivity contribution < 1.29 is 19.1 Å². The van der Waals surface area contributed by atoms with Gasteiger partial charge < -0.3 is 15.4 Å². The molecule has 10 heteroatoms. The zero-order valence-corrected chi connectivity index (χ0v) is 25.3. The first kappa shape index (κ1) is 29.6. The summed E-state index contributed by atoms with van der Waals surface area (Å²) in [6, 6.07) is 6.49. The lowest BCUT2D eigenvalue weighted by atomic mass is 9.62. The van der Waals surface area contributed by atoms with Gasteiger partial charge in [-0.15, -0.1) is 0 Å². The third-order valence-electron chi connectivity index (χ3n) is 7.02. The van der Waals surface area contributed by atoms with Crippen molar-refractivity contribution in [2.75, 3.05) is 11.9 Å². The number of hydrogen-bond donors (Lipinski definition) is 2. The number of nitrogens with zero attached hydrogens (tertiary/aromatic N) is 1. The van der Waals surface area contributed by atoms with Crippen molar-refractivity contribution in [2.45, 2.75) is 65.3 Å². The number of halogens is 3. The van der Waals surface area contributed by atoms with Gasteiger partial charge in [-0.05, 0) is 51.9 Å². The van der Waals surface area contributed by atoms with Gasteiger partial charge in [-0.3, -0.25) is 14.6 Å². The number of benzene rings is 1. The fourth-order valence-electron chi connectivity index (χ4n) is 4.96. The number of rotatable bonds is 8. The number of allylic oxidation sites excluding steroid dienone is 2. The highest BCUT2D eigenvalue weighted by Crippen LogP contribution is 2.53. The van der Waals surface area contributed by atoms with Crippen molar-refractivity contribution in [3.05, 3.63) is 68.0 Å². The Morgan fingerprint density at radius 2 is 1.69 bits per heavy atom. The van der Waals surface area contributed by atoms with E-state index in [1.165, 1.54) is 12.4 Å². The molecule has 0 bridgehead atoms. The Labute approximate surface area is 247 Å². The van der Waals surface area contributed by atoms with E-state index in [1.807, 2.05) is 32.9 Å². The van der Waals surface area contributed by atoms with Crippen molar-refractivity contribution in [3.8, 4) is 0 Å². The van der Waals surface area contributed by atoms with Crippen LogP contribution in [0.25, 0.3) is 0 Å². The van der Waals surface area contributed by atoms with E-state index in [9.17, 15) is 14.4 Å². The van der Waals surface area contributed by atoms with Crippen LogP contribution in [0.2, 0.25) is 10.0 Å². The highest BCUT2D eigenvalue weighted by atomic mass is 79.9. The number of carbonyl (C=O) groups is 3. The molecule has 1 saturated carbocycles. The number of ether oxygens (including phenoxy) is 1. The van der Waals surface area contributed by atoms with E-state index >= 15 is 0 Å². The Kier molecular flexibility index (Phi) is 9.08. The van der Waals surface area contributed by atoms with Gasteiger partial charge in [-0.1, -0.05) is 75.4 Å². The molecule has 208 valence electrons. The van der Waals surface area contributed by atoms with Gasteiger partial charge in [-0.2, -0.15) is 0 Å². The minimum atomic E-state index is -0.684. The number of esters is 1. The van der Waals surface area contributed by atoms with E-state index in [4.69, 9.17) is 27.9 Å². The molecule has 1 atom stereocenters. The van der Waals surface area contributed by atoms with E-state index < -0.39 is 17.4 Å². The second kappa shape index (κ2) is 12.0. The van der Waals surface area contributed by atoms with Crippen LogP contribution in [0.5, 0.6) is 0 Å². The normalized spacial score (nSPS) is 17.4. The molecule has 0 unspecified atom stereocenters. The number of Topliss-reactive ketones (excluding diaryl/α,β-unsaturated/α-hetero) is 1. The monoisotopic (exact) mass is 635 g/mol. The molecule has 1 heterocycles. The van der Waals surface area contributed by atoms with Crippen LogP contribution in [0.15, 0.2) is 46.8 Å². The number of pyridine rings is 1. The van der Waals surface area contributed by atoms with Gasteiger partial charge in [0.25, 0.3) is 5.91 Å². The molecule has 2 N–H and O–H groups in total. The molecule has 0 aliphatic heterocycles. The molecule has 0 radical (unpaired) electrons. The van der Waals surface area contributed by atoms with E-state index in [0.717, 1.165) is 43.4 Å². The average Bonchev–Trinajstić information content (AvgIpc) is 2.90. The number of aromatic nitrogens is 1. The lowest BCUT2D eigenvalue weighted by molar-refractivity contribution is -0.149. The molecule has 1 spiro atoms. The predicted molar refractivity (Wildman–Crippen MR) is 156 cm³/mol. The summed E-state index contributed by atoms with van der Waals surface area (Å²) in [5.41, 5.74) is 1.64. The summed E-state index contributed by atoms with van der Waals surface area (Å²) in [4.78, 5) is 42.7. The van der Waals surface area contributed by atoms with E-state index in [1.54, 1.807) is 12.1 Å². The molecule has 2 aliphatic carbocycles. The molecule has 1 amide bonds. The minimum absolute atomic E-state index is 0.112. The standard InChI is InChI=1S/C29H32BrCl2N3O4/c1-28(2,3)16-39-27(38)21(35-24-23(30)25(36)29(24)11-5-4-6-12-29)13-17-7-9-18(10-8-17)34-26(37)22-19(31)14-33-15-20(22)32/h7-10,14-15,21,35H,4-6,11-13,16H2,1-3H3,(H,34,37)/t21-/m0/s1. The minimum Gasteiger partial charge on any atom is -0.464 e. The number of ketones is 1. The van der Waals surface area contributed by atoms with Crippen LogP contribution >= 0.6 is 39.1 Å². The number of anilines is 1. The molecular weight excluding hydrogens is 605 g/mol. The summed E-state index contributed by atoms with van der Waals surface area (Å²) in [5.74, 6) is -0.710. The first-order valence-electron chi connectivity index (χ1n) is 13.0. The zero-order chi connectivity index (χ0) is 28.4. The summed E-state index contributed by atoms with van der Waals surface area (Å²) >= 11 is 15.7. The van der Waals surface area contributed by atoms with Crippen LogP contribution in [-0.2, 0) is 20.7 Å². The van der Waals surface area contributed by atoms with Gasteiger partial charge in [0.2, 0.25) is 0 Å². The van der Waals surface area contributed by atoms with Crippen LogP contribution in [0.3, 0.4) is 0 Å². The van der Waals surface area contributed by atoms with Crippen molar-refractivity contribution in [1.29, 1.82) is 0 Å². The van der Waals surface area contributed by atoms with Crippen LogP contribution in [0.1, 0.15) is 68.8 Å². The van der Waals surface area contributed by atoms with Crippen LogP contribution in [0, 0.1) is 10.8 Å². The molecule has 39 heavy (non-hydrogen) atoms. The lowest BCUT2D eigenvalue weighted by Gasteiger charge is -2.46. The van der Waals surface area contributed by atoms with E-state index in [2.05, 4.69) is 31.5 Å². The molecule has 0 saturated heterocycles. The molecule has 2 aliphatic rings. The van der Waals surface area contributed by atoms with Crippen LogP contribution in [0.4, 0.5) is 5.69 Å². The maximum absolute atomic E-state index is 13.3. The summed E-state index contributed by atoms with van der Waals surface area (Å²) in [5, 5.41) is 6.49. The molecule has 1 fully saturated rings. The van der Waals surface area contributed by atoms with Gasteiger partial charge in [0, 0.05) is 30.2 Å². The Morgan fingerprint density at radius 1 is 1.08 bits per heavy atom. The lowest BCUT2D eigenvalue weighted by Crippen LogP contribution is -2.53.